The van der Waals surface area contributed by atoms with Crippen molar-refractivity contribution in [3.8, 4) is 0 Å². The Bertz CT molecular complexity index is 595. The van der Waals surface area contributed by atoms with Gasteiger partial charge in [-0.25, -0.2) is 0 Å². The van der Waals surface area contributed by atoms with Gasteiger partial charge in [0.05, 0.1) is 23.0 Å². The first-order chi connectivity index (χ1) is 9.04. The average Bonchev–Trinajstić information content (AvgIpc) is 2.73. The van der Waals surface area contributed by atoms with E-state index in [2.05, 4.69) is 10.3 Å². The highest BCUT2D eigenvalue weighted by molar-refractivity contribution is 7.21. The fourth-order valence-corrected chi connectivity index (χ4v) is 2.76. The summed E-state index contributed by atoms with van der Waals surface area (Å²) in [6.45, 7) is 3.79. The maximum absolute atomic E-state index is 12.2. The first-order valence-corrected chi connectivity index (χ1v) is 6.91. The maximum atomic E-state index is 12.2. The molecule has 0 aliphatic carbocycles. The Morgan fingerprint density at radius 2 is 2.32 bits per heavy atom. The number of nitrogens with zero attached hydrogens (tertiary/aromatic N) is 1. The van der Waals surface area contributed by atoms with Gasteiger partial charge in [0, 0.05) is 6.20 Å². The number of carbonyl (C=O) groups is 1. The zero-order valence-electron chi connectivity index (χ0n) is 10.9. The molecule has 0 bridgehead atoms. The number of pyridine rings is 1. The molecule has 2 rings (SSSR count). The van der Waals surface area contributed by atoms with Crippen LogP contribution in [0.1, 0.15) is 23.5 Å². The van der Waals surface area contributed by atoms with Gasteiger partial charge in [0.1, 0.15) is 10.4 Å². The van der Waals surface area contributed by atoms with E-state index in [1.165, 1.54) is 11.3 Å². The van der Waals surface area contributed by atoms with Crippen molar-refractivity contribution in [1.29, 1.82) is 0 Å². The second kappa shape index (κ2) is 5.54. The molecule has 1 amide bonds. The molecule has 0 spiro atoms. The number of nitrogens with two attached hydrogens (primary N) is 1. The van der Waals surface area contributed by atoms with Crippen LogP contribution >= 0.6 is 11.3 Å². The summed E-state index contributed by atoms with van der Waals surface area (Å²) in [4.78, 5) is 16.8. The molecular weight excluding hydrogens is 262 g/mol. The lowest BCUT2D eigenvalue weighted by Gasteiger charge is -2.19. The highest BCUT2D eigenvalue weighted by atomic mass is 32.1. The van der Waals surface area contributed by atoms with Crippen LogP contribution in [0.4, 0.5) is 5.69 Å². The number of fused-ring (bicyclic) bond motifs is 1. The van der Waals surface area contributed by atoms with Crippen LogP contribution in [-0.4, -0.2) is 28.6 Å². The van der Waals surface area contributed by atoms with E-state index in [0.717, 1.165) is 4.70 Å². The molecule has 1 atom stereocenters. The summed E-state index contributed by atoms with van der Waals surface area (Å²) in [5.41, 5.74) is 7.01. The van der Waals surface area contributed by atoms with E-state index < -0.39 is 0 Å². The number of carbonyl (C=O) groups excluding carboxylic acids is 1. The molecule has 0 saturated heterocycles. The van der Waals surface area contributed by atoms with Gasteiger partial charge < -0.3 is 16.2 Å². The van der Waals surface area contributed by atoms with E-state index in [1.54, 1.807) is 6.20 Å². The molecule has 2 heterocycles. The maximum Gasteiger partial charge on any atom is 0.263 e. The molecule has 0 radical (unpaired) electrons. The zero-order chi connectivity index (χ0) is 14.0. The molecule has 0 aliphatic rings. The number of anilines is 1. The third kappa shape index (κ3) is 2.69. The SMILES string of the molecule is CC(C)C(CO)NC(=O)c1sc2cccnc2c1N. The highest BCUT2D eigenvalue weighted by Crippen LogP contribution is 2.31. The summed E-state index contributed by atoms with van der Waals surface area (Å²) in [6.07, 6.45) is 1.65. The van der Waals surface area contributed by atoms with Crippen LogP contribution < -0.4 is 11.1 Å². The number of hydrogen-bond donors (Lipinski definition) is 3. The highest BCUT2D eigenvalue weighted by Gasteiger charge is 2.21. The minimum absolute atomic E-state index is 0.0908. The Balaban J connectivity index is 2.29. The Labute approximate surface area is 115 Å². The van der Waals surface area contributed by atoms with Crippen LogP contribution in [0, 0.1) is 5.92 Å². The summed E-state index contributed by atoms with van der Waals surface area (Å²) in [5.74, 6) is -0.101. The number of aromatic nitrogens is 1. The van der Waals surface area contributed by atoms with E-state index in [-0.39, 0.29) is 24.5 Å². The van der Waals surface area contributed by atoms with Crippen molar-refractivity contribution in [2.24, 2.45) is 5.92 Å². The summed E-state index contributed by atoms with van der Waals surface area (Å²) in [5, 5.41) is 12.0. The van der Waals surface area contributed by atoms with Crippen LogP contribution in [0.5, 0.6) is 0 Å². The van der Waals surface area contributed by atoms with Crippen LogP contribution in [0.3, 0.4) is 0 Å². The van der Waals surface area contributed by atoms with E-state index in [4.69, 9.17) is 5.73 Å². The third-order valence-corrected chi connectivity index (χ3v) is 4.17. The van der Waals surface area contributed by atoms with Gasteiger partial charge in [-0.15, -0.1) is 11.3 Å². The van der Waals surface area contributed by atoms with Gasteiger partial charge in [-0.1, -0.05) is 13.8 Å². The smallest absolute Gasteiger partial charge is 0.263 e. The van der Waals surface area contributed by atoms with Gasteiger partial charge in [-0.2, -0.15) is 0 Å². The quantitative estimate of drug-likeness (QED) is 0.793. The summed E-state index contributed by atoms with van der Waals surface area (Å²) >= 11 is 1.32. The summed E-state index contributed by atoms with van der Waals surface area (Å²) in [7, 11) is 0. The fraction of sp³-hybridized carbons (Fsp3) is 0.385. The number of aliphatic hydroxyl groups excluding tert-OH is 1. The summed E-state index contributed by atoms with van der Waals surface area (Å²) in [6, 6.07) is 3.42. The van der Waals surface area contributed by atoms with Gasteiger partial charge in [0.2, 0.25) is 0 Å². The zero-order valence-corrected chi connectivity index (χ0v) is 11.7. The van der Waals surface area contributed by atoms with Crippen molar-refractivity contribution in [1.82, 2.24) is 10.3 Å². The van der Waals surface area contributed by atoms with Crippen LogP contribution in [0.15, 0.2) is 18.3 Å². The molecule has 0 aromatic carbocycles. The van der Waals surface area contributed by atoms with E-state index in [0.29, 0.717) is 16.1 Å². The van der Waals surface area contributed by atoms with Crippen molar-refractivity contribution in [2.75, 3.05) is 12.3 Å². The number of nitrogen functional groups attached to an aromatic ring is 1. The number of nitrogens with one attached hydrogen (secondary N) is 1. The van der Waals surface area contributed by atoms with E-state index >= 15 is 0 Å². The topological polar surface area (TPSA) is 88.2 Å². The van der Waals surface area contributed by atoms with Gasteiger partial charge >= 0.3 is 0 Å². The molecule has 2 aromatic heterocycles. The number of thiophene rings is 1. The second-order valence-corrected chi connectivity index (χ2v) is 5.75. The van der Waals surface area contributed by atoms with Gasteiger partial charge in [0.25, 0.3) is 5.91 Å². The van der Waals surface area contributed by atoms with Crippen molar-refractivity contribution < 1.29 is 9.90 Å². The van der Waals surface area contributed by atoms with Crippen LogP contribution in [0.25, 0.3) is 10.2 Å². The first kappa shape index (κ1) is 13.8. The van der Waals surface area contributed by atoms with Crippen molar-refractivity contribution in [3.05, 3.63) is 23.2 Å². The Kier molecular flexibility index (Phi) is 4.01. The molecule has 6 heteroatoms. The number of rotatable bonds is 4. The molecule has 19 heavy (non-hydrogen) atoms. The Hall–Kier alpha value is -1.66. The van der Waals surface area contributed by atoms with Crippen molar-refractivity contribution in [3.63, 3.8) is 0 Å². The first-order valence-electron chi connectivity index (χ1n) is 6.09. The fourth-order valence-electron chi connectivity index (χ4n) is 1.77. The van der Waals surface area contributed by atoms with Gasteiger partial charge in [-0.05, 0) is 18.1 Å². The minimum Gasteiger partial charge on any atom is -0.396 e. The molecular formula is C13H17N3O2S. The lowest BCUT2D eigenvalue weighted by molar-refractivity contribution is 0.0902. The lowest BCUT2D eigenvalue weighted by atomic mass is 10.1. The predicted molar refractivity (Wildman–Crippen MR) is 77.2 cm³/mol. The monoisotopic (exact) mass is 279 g/mol. The van der Waals surface area contributed by atoms with Crippen molar-refractivity contribution >= 4 is 33.1 Å². The number of amides is 1. The van der Waals surface area contributed by atoms with Crippen molar-refractivity contribution in [2.45, 2.75) is 19.9 Å². The molecule has 5 nitrogen and oxygen atoms in total. The standard InChI is InChI=1S/C13H17N3O2S/c1-7(2)8(6-17)16-13(18)12-10(14)11-9(19-12)4-3-5-15-11/h3-5,7-8,17H,6,14H2,1-2H3,(H,16,18). The van der Waals surface area contributed by atoms with Crippen LogP contribution in [0.2, 0.25) is 0 Å². The molecule has 0 aliphatic heterocycles. The molecule has 0 saturated carbocycles. The average molecular weight is 279 g/mol. The van der Waals surface area contributed by atoms with Gasteiger partial charge in [-0.3, -0.25) is 9.78 Å². The molecule has 0 fully saturated rings. The van der Waals surface area contributed by atoms with E-state index in [1.807, 2.05) is 26.0 Å². The Morgan fingerprint density at radius 1 is 1.58 bits per heavy atom. The molecule has 2 aromatic rings. The van der Waals surface area contributed by atoms with E-state index in [9.17, 15) is 9.90 Å². The molecule has 102 valence electrons. The largest absolute Gasteiger partial charge is 0.396 e. The Morgan fingerprint density at radius 3 is 2.89 bits per heavy atom. The summed E-state index contributed by atoms with van der Waals surface area (Å²) < 4.78 is 0.884. The lowest BCUT2D eigenvalue weighted by Crippen LogP contribution is -2.41. The molecule has 1 unspecified atom stereocenters. The minimum atomic E-state index is -0.273. The number of aliphatic hydroxyl groups is 1. The normalized spacial score (nSPS) is 12.8. The second-order valence-electron chi connectivity index (χ2n) is 4.70. The molecule has 4 N–H and O–H groups in total. The third-order valence-electron chi connectivity index (χ3n) is 3.01. The van der Waals surface area contributed by atoms with Gasteiger partial charge in [0.15, 0.2) is 0 Å². The van der Waals surface area contributed by atoms with Crippen LogP contribution in [-0.2, 0) is 0 Å². The number of hydrogen-bond acceptors (Lipinski definition) is 5. The predicted octanol–water partition coefficient (Wildman–Crippen LogP) is 1.63.